The summed E-state index contributed by atoms with van der Waals surface area (Å²) in [4.78, 5) is 16.0. The summed E-state index contributed by atoms with van der Waals surface area (Å²) in [5, 5.41) is 18.0. The van der Waals surface area contributed by atoms with Gasteiger partial charge in [0.15, 0.2) is 5.82 Å². The van der Waals surface area contributed by atoms with E-state index in [1.165, 1.54) is 12.4 Å². The summed E-state index contributed by atoms with van der Waals surface area (Å²) >= 11 is 0. The Morgan fingerprint density at radius 3 is 2.52 bits per heavy atom. The minimum Gasteiger partial charge on any atom is -0.383 e. The molecule has 1 unspecified atom stereocenters. The fourth-order valence-corrected chi connectivity index (χ4v) is 3.86. The number of nitrogens with zero attached hydrogens (tertiary/aromatic N) is 6. The van der Waals surface area contributed by atoms with Gasteiger partial charge in [-0.15, -0.1) is 0 Å². The van der Waals surface area contributed by atoms with Crippen molar-refractivity contribution in [2.75, 3.05) is 37.6 Å². The topological polar surface area (TPSA) is 94.1 Å². The number of β-amino-alcohol motifs (C(OH)–C–C–N with tert-alkyl or cyclic N) is 1. The number of H-pyrrole nitrogens is 1. The lowest BCUT2D eigenvalue weighted by Crippen LogP contribution is -2.45. The molecular formula is C20H22F3N7O. The highest BCUT2D eigenvalue weighted by Gasteiger charge is 2.36. The second kappa shape index (κ2) is 8.98. The Balaban J connectivity index is 1.53. The van der Waals surface area contributed by atoms with Crippen molar-refractivity contribution < 1.29 is 18.3 Å². The predicted octanol–water partition coefficient (Wildman–Crippen LogP) is 1.65. The first-order chi connectivity index (χ1) is 14.9. The Morgan fingerprint density at radius 1 is 1.00 bits per heavy atom. The van der Waals surface area contributed by atoms with E-state index in [0.29, 0.717) is 38.0 Å². The van der Waals surface area contributed by atoms with Crippen LogP contribution in [0.1, 0.15) is 17.8 Å². The number of nitrogens with one attached hydrogen (secondary N) is 1. The quantitative estimate of drug-likeness (QED) is 0.611. The van der Waals surface area contributed by atoms with Gasteiger partial charge in [0.05, 0.1) is 12.4 Å². The Bertz CT molecular complexity index is 1000. The summed E-state index contributed by atoms with van der Waals surface area (Å²) in [6.07, 6.45) is 4.28. The van der Waals surface area contributed by atoms with Crippen molar-refractivity contribution in [3.05, 3.63) is 65.8 Å². The van der Waals surface area contributed by atoms with Crippen LogP contribution >= 0.6 is 0 Å². The molecule has 3 aromatic rings. The molecule has 31 heavy (non-hydrogen) atoms. The van der Waals surface area contributed by atoms with Crippen LogP contribution in [0.3, 0.4) is 0 Å². The molecule has 3 heterocycles. The molecule has 1 aliphatic rings. The third-order valence-electron chi connectivity index (χ3n) is 5.32. The summed E-state index contributed by atoms with van der Waals surface area (Å²) in [5.74, 6) is -1.21. The zero-order chi connectivity index (χ0) is 21.8. The molecule has 0 amide bonds. The Kier molecular flexibility index (Phi) is 6.14. The summed E-state index contributed by atoms with van der Waals surface area (Å²) in [6, 6.07) is 3.15. The van der Waals surface area contributed by atoms with Crippen molar-refractivity contribution in [2.45, 2.75) is 18.4 Å². The molecule has 1 aromatic carbocycles. The van der Waals surface area contributed by atoms with E-state index in [1.807, 2.05) is 9.80 Å². The lowest BCUT2D eigenvalue weighted by atomic mass is 9.88. The molecule has 8 nitrogen and oxygen atoms in total. The van der Waals surface area contributed by atoms with E-state index in [2.05, 4.69) is 25.1 Å². The predicted molar refractivity (Wildman–Crippen MR) is 106 cm³/mol. The molecule has 164 valence electrons. The van der Waals surface area contributed by atoms with Crippen LogP contribution in [0.15, 0.2) is 36.9 Å². The number of aromatic nitrogens is 5. The highest BCUT2D eigenvalue weighted by atomic mass is 19.1. The van der Waals surface area contributed by atoms with E-state index in [4.69, 9.17) is 0 Å². The first-order valence-corrected chi connectivity index (χ1v) is 9.90. The maximum absolute atomic E-state index is 14.6. The molecule has 0 aliphatic carbocycles. The molecule has 0 saturated carbocycles. The fraction of sp³-hybridized carbons (Fsp3) is 0.400. The number of aliphatic hydroxyl groups is 1. The molecule has 1 fully saturated rings. The molecule has 1 saturated heterocycles. The van der Waals surface area contributed by atoms with Crippen molar-refractivity contribution in [3.8, 4) is 0 Å². The largest absolute Gasteiger partial charge is 0.383 e. The van der Waals surface area contributed by atoms with Crippen molar-refractivity contribution in [1.29, 1.82) is 0 Å². The lowest BCUT2D eigenvalue weighted by Gasteiger charge is -2.34. The second-order valence-electron chi connectivity index (χ2n) is 7.58. The number of anilines is 1. The van der Waals surface area contributed by atoms with E-state index in [-0.39, 0.29) is 18.5 Å². The zero-order valence-electron chi connectivity index (χ0n) is 16.7. The Hall–Kier alpha value is -3.05. The summed E-state index contributed by atoms with van der Waals surface area (Å²) in [6.45, 7) is 2.50. The number of aromatic amines is 1. The first kappa shape index (κ1) is 21.2. The number of benzene rings is 1. The third-order valence-corrected chi connectivity index (χ3v) is 5.32. The molecule has 4 rings (SSSR count). The molecule has 0 bridgehead atoms. The molecular weight excluding hydrogens is 411 g/mol. The average Bonchev–Trinajstić information content (AvgIpc) is 3.12. The summed E-state index contributed by atoms with van der Waals surface area (Å²) < 4.78 is 41.2. The smallest absolute Gasteiger partial charge is 0.225 e. The maximum Gasteiger partial charge on any atom is 0.225 e. The Morgan fingerprint density at radius 2 is 1.81 bits per heavy atom. The van der Waals surface area contributed by atoms with E-state index >= 15 is 0 Å². The van der Waals surface area contributed by atoms with Crippen LogP contribution in [0.25, 0.3) is 0 Å². The average molecular weight is 433 g/mol. The SMILES string of the molecule is OC(Cc1ncn[nH]1)(CN1CCCN(c2ncc(F)cn2)CC1)c1ccc(F)cc1F. The summed E-state index contributed by atoms with van der Waals surface area (Å²) in [5.41, 5.74) is -1.66. The van der Waals surface area contributed by atoms with Gasteiger partial charge in [-0.25, -0.2) is 28.1 Å². The highest BCUT2D eigenvalue weighted by Crippen LogP contribution is 2.29. The van der Waals surface area contributed by atoms with Gasteiger partial charge in [0.2, 0.25) is 5.95 Å². The molecule has 1 atom stereocenters. The van der Waals surface area contributed by atoms with Crippen LogP contribution in [0, 0.1) is 17.5 Å². The van der Waals surface area contributed by atoms with Crippen molar-refractivity contribution in [2.24, 2.45) is 0 Å². The lowest BCUT2D eigenvalue weighted by molar-refractivity contribution is -0.00383. The first-order valence-electron chi connectivity index (χ1n) is 9.90. The molecule has 2 aromatic heterocycles. The van der Waals surface area contributed by atoms with Gasteiger partial charge in [-0.2, -0.15) is 5.10 Å². The third kappa shape index (κ3) is 5.00. The van der Waals surface area contributed by atoms with Crippen LogP contribution in [0.5, 0.6) is 0 Å². The standard InChI is InChI=1S/C20H22F3N7O/c21-14-2-3-16(17(23)8-14)20(31,9-18-26-13-27-28-18)12-29-4-1-5-30(7-6-29)19-24-10-15(22)11-25-19/h2-3,8,10-11,13,31H,1,4-7,9,12H2,(H,26,27,28). The normalized spacial score (nSPS) is 17.4. The summed E-state index contributed by atoms with van der Waals surface area (Å²) in [7, 11) is 0. The van der Waals surface area contributed by atoms with Crippen molar-refractivity contribution >= 4 is 5.95 Å². The monoisotopic (exact) mass is 433 g/mol. The van der Waals surface area contributed by atoms with Crippen LogP contribution in [-0.2, 0) is 12.0 Å². The van der Waals surface area contributed by atoms with Crippen LogP contribution in [0.2, 0.25) is 0 Å². The minimum absolute atomic E-state index is 0.00623. The number of rotatable bonds is 6. The van der Waals surface area contributed by atoms with Gasteiger partial charge >= 0.3 is 0 Å². The molecule has 0 radical (unpaired) electrons. The maximum atomic E-state index is 14.6. The molecule has 1 aliphatic heterocycles. The second-order valence-corrected chi connectivity index (χ2v) is 7.58. The number of hydrogen-bond donors (Lipinski definition) is 2. The van der Waals surface area contributed by atoms with E-state index in [0.717, 1.165) is 30.9 Å². The van der Waals surface area contributed by atoms with Crippen molar-refractivity contribution in [1.82, 2.24) is 30.0 Å². The van der Waals surface area contributed by atoms with Gasteiger partial charge in [-0.1, -0.05) is 6.07 Å². The Labute approximate surface area is 176 Å². The van der Waals surface area contributed by atoms with Crippen LogP contribution in [-0.4, -0.2) is 67.9 Å². The van der Waals surface area contributed by atoms with Gasteiger partial charge in [-0.3, -0.25) is 10.00 Å². The van der Waals surface area contributed by atoms with E-state index < -0.39 is 23.1 Å². The minimum atomic E-state index is -1.65. The van der Waals surface area contributed by atoms with Gasteiger partial charge in [-0.05, 0) is 12.5 Å². The number of halogens is 3. The van der Waals surface area contributed by atoms with E-state index in [1.54, 1.807) is 0 Å². The highest BCUT2D eigenvalue weighted by molar-refractivity contribution is 5.29. The molecule has 2 N–H and O–H groups in total. The van der Waals surface area contributed by atoms with Gasteiger partial charge in [0, 0.05) is 50.8 Å². The van der Waals surface area contributed by atoms with Crippen LogP contribution in [0.4, 0.5) is 19.1 Å². The number of hydrogen-bond acceptors (Lipinski definition) is 7. The fourth-order valence-electron chi connectivity index (χ4n) is 3.86. The van der Waals surface area contributed by atoms with E-state index in [9.17, 15) is 18.3 Å². The van der Waals surface area contributed by atoms with Gasteiger partial charge < -0.3 is 10.0 Å². The molecule has 0 spiro atoms. The zero-order valence-corrected chi connectivity index (χ0v) is 16.7. The van der Waals surface area contributed by atoms with Crippen molar-refractivity contribution in [3.63, 3.8) is 0 Å². The molecule has 11 heteroatoms. The van der Waals surface area contributed by atoms with Gasteiger partial charge in [0.25, 0.3) is 0 Å². The van der Waals surface area contributed by atoms with Gasteiger partial charge in [0.1, 0.15) is 29.4 Å². The van der Waals surface area contributed by atoms with Crippen LogP contribution < -0.4 is 4.90 Å².